The summed E-state index contributed by atoms with van der Waals surface area (Å²) in [5.41, 5.74) is 8.95. The maximum absolute atomic E-state index is 6.50. The average molecular weight is 344 g/mol. The van der Waals surface area contributed by atoms with Gasteiger partial charge in [0.05, 0.1) is 0 Å². The van der Waals surface area contributed by atoms with E-state index in [1.165, 1.54) is 48.6 Å². The normalized spacial score (nSPS) is 18.2. The molecule has 0 spiro atoms. The van der Waals surface area contributed by atoms with Crippen LogP contribution in [0.25, 0.3) is 10.9 Å². The van der Waals surface area contributed by atoms with Crippen LogP contribution in [-0.2, 0) is 0 Å². The van der Waals surface area contributed by atoms with Crippen molar-refractivity contribution in [3.8, 4) is 0 Å². The number of aromatic amines is 1. The van der Waals surface area contributed by atoms with Crippen molar-refractivity contribution >= 4 is 39.2 Å². The minimum atomic E-state index is 0. The van der Waals surface area contributed by atoms with Gasteiger partial charge in [0, 0.05) is 27.6 Å². The van der Waals surface area contributed by atoms with Gasteiger partial charge in [-0.25, -0.2) is 0 Å². The van der Waals surface area contributed by atoms with Gasteiger partial charge in [-0.2, -0.15) is 0 Å². The molecule has 0 unspecified atom stereocenters. The molecule has 1 fully saturated rings. The Morgan fingerprint density at radius 2 is 1.95 bits per heavy atom. The molecule has 19 heavy (non-hydrogen) atoms. The minimum Gasteiger partial charge on any atom is -0.361 e. The van der Waals surface area contributed by atoms with Crippen molar-refractivity contribution in [1.29, 1.82) is 0 Å². The van der Waals surface area contributed by atoms with Crippen LogP contribution < -0.4 is 5.73 Å². The summed E-state index contributed by atoms with van der Waals surface area (Å²) >= 11 is 3.54. The van der Waals surface area contributed by atoms with Gasteiger partial charge in [-0.05, 0) is 42.5 Å². The number of hydrogen-bond acceptors (Lipinski definition) is 1. The summed E-state index contributed by atoms with van der Waals surface area (Å²) in [5.74, 6) is 0.650. The summed E-state index contributed by atoms with van der Waals surface area (Å²) < 4.78 is 1.12. The van der Waals surface area contributed by atoms with Crippen LogP contribution in [0.5, 0.6) is 0 Å². The van der Waals surface area contributed by atoms with E-state index in [1.807, 2.05) is 0 Å². The summed E-state index contributed by atoms with van der Waals surface area (Å²) in [6.07, 6.45) is 8.71. The second-order valence-corrected chi connectivity index (χ2v) is 6.27. The topological polar surface area (TPSA) is 41.8 Å². The van der Waals surface area contributed by atoms with Gasteiger partial charge in [-0.1, -0.05) is 35.2 Å². The van der Waals surface area contributed by atoms with Crippen LogP contribution in [0.2, 0.25) is 0 Å². The van der Waals surface area contributed by atoms with Gasteiger partial charge in [0.25, 0.3) is 0 Å². The van der Waals surface area contributed by atoms with Gasteiger partial charge in [0.1, 0.15) is 0 Å². The Labute approximate surface area is 128 Å². The van der Waals surface area contributed by atoms with Gasteiger partial charge in [0.2, 0.25) is 0 Å². The molecule has 1 heterocycles. The van der Waals surface area contributed by atoms with E-state index in [4.69, 9.17) is 5.73 Å². The number of benzene rings is 1. The van der Waals surface area contributed by atoms with Crippen LogP contribution in [0.1, 0.15) is 43.7 Å². The molecular formula is C15H20BrClN2. The van der Waals surface area contributed by atoms with Crippen molar-refractivity contribution in [1.82, 2.24) is 4.98 Å². The highest BCUT2D eigenvalue weighted by atomic mass is 79.9. The van der Waals surface area contributed by atoms with E-state index in [0.717, 1.165) is 4.47 Å². The molecule has 0 aliphatic heterocycles. The predicted octanol–water partition coefficient (Wildman–Crippen LogP) is 4.93. The largest absolute Gasteiger partial charge is 0.361 e. The lowest BCUT2D eigenvalue weighted by atomic mass is 9.81. The molecule has 0 radical (unpaired) electrons. The van der Waals surface area contributed by atoms with Crippen molar-refractivity contribution in [2.75, 3.05) is 0 Å². The lowest BCUT2D eigenvalue weighted by molar-refractivity contribution is 0.309. The summed E-state index contributed by atoms with van der Waals surface area (Å²) in [6.45, 7) is 0. The van der Waals surface area contributed by atoms with Crippen LogP contribution in [-0.4, -0.2) is 4.98 Å². The zero-order valence-corrected chi connectivity index (χ0v) is 13.3. The molecule has 0 saturated heterocycles. The molecule has 0 amide bonds. The monoisotopic (exact) mass is 342 g/mol. The first kappa shape index (κ1) is 14.9. The highest BCUT2D eigenvalue weighted by molar-refractivity contribution is 9.10. The molecule has 104 valence electrons. The zero-order chi connectivity index (χ0) is 12.5. The van der Waals surface area contributed by atoms with Crippen LogP contribution >= 0.6 is 28.3 Å². The third-order valence-corrected chi connectivity index (χ3v) is 4.69. The molecule has 1 saturated carbocycles. The fourth-order valence-electron chi connectivity index (χ4n) is 3.14. The van der Waals surface area contributed by atoms with Crippen molar-refractivity contribution in [3.63, 3.8) is 0 Å². The second kappa shape index (κ2) is 6.29. The third-order valence-electron chi connectivity index (χ3n) is 4.19. The highest BCUT2D eigenvalue weighted by Gasteiger charge is 2.23. The zero-order valence-electron chi connectivity index (χ0n) is 10.9. The number of nitrogens with two attached hydrogens (primary N) is 1. The molecule has 1 atom stereocenters. The van der Waals surface area contributed by atoms with Gasteiger partial charge < -0.3 is 10.7 Å². The predicted molar refractivity (Wildman–Crippen MR) is 86.8 cm³/mol. The van der Waals surface area contributed by atoms with Gasteiger partial charge in [0.15, 0.2) is 0 Å². The average Bonchev–Trinajstić information content (AvgIpc) is 2.82. The molecule has 3 rings (SSSR count). The number of aromatic nitrogens is 1. The summed E-state index contributed by atoms with van der Waals surface area (Å²) in [4.78, 5) is 3.33. The fourth-order valence-corrected chi connectivity index (χ4v) is 3.50. The molecule has 2 nitrogen and oxygen atoms in total. The number of rotatable bonds is 2. The number of halogens is 2. The highest BCUT2D eigenvalue weighted by Crippen LogP contribution is 2.36. The molecule has 0 bridgehead atoms. The molecule has 2 aromatic rings. The van der Waals surface area contributed by atoms with Crippen LogP contribution in [0.15, 0.2) is 28.9 Å². The summed E-state index contributed by atoms with van der Waals surface area (Å²) in [6, 6.07) is 6.52. The first-order valence-corrected chi connectivity index (χ1v) is 7.57. The number of fused-ring (bicyclic) bond motifs is 1. The van der Waals surface area contributed by atoms with Crippen molar-refractivity contribution in [2.24, 2.45) is 11.7 Å². The molecule has 1 aromatic heterocycles. The summed E-state index contributed by atoms with van der Waals surface area (Å²) in [7, 11) is 0. The van der Waals surface area contributed by atoms with E-state index in [9.17, 15) is 0 Å². The fraction of sp³-hybridized carbons (Fsp3) is 0.467. The Hall–Kier alpha value is -0.510. The Bertz CT molecular complexity index is 546. The Balaban J connectivity index is 0.00000133. The van der Waals surface area contributed by atoms with Crippen molar-refractivity contribution in [2.45, 2.75) is 38.1 Å². The molecule has 1 aliphatic carbocycles. The Kier molecular flexibility index (Phi) is 4.93. The van der Waals surface area contributed by atoms with E-state index < -0.39 is 0 Å². The van der Waals surface area contributed by atoms with Crippen molar-refractivity contribution < 1.29 is 0 Å². The first-order valence-electron chi connectivity index (χ1n) is 6.78. The number of nitrogens with one attached hydrogen (secondary N) is 1. The third kappa shape index (κ3) is 2.99. The maximum atomic E-state index is 6.50. The van der Waals surface area contributed by atoms with E-state index in [0.29, 0.717) is 5.92 Å². The SMILES string of the molecule is Cl.N[C@H](c1c[nH]c2ccc(Br)cc12)C1CCCCC1. The molecule has 1 aromatic carbocycles. The van der Waals surface area contributed by atoms with E-state index in [2.05, 4.69) is 45.3 Å². The standard InChI is InChI=1S/C15H19BrN2.ClH/c16-11-6-7-14-12(8-11)13(9-18-14)15(17)10-4-2-1-3-5-10;/h6-10,15,18H,1-5,17H2;1H/t15-;/m0./s1. The molecule has 3 N–H and O–H groups in total. The summed E-state index contributed by atoms with van der Waals surface area (Å²) in [5, 5.41) is 1.27. The first-order chi connectivity index (χ1) is 8.75. The molecular weight excluding hydrogens is 324 g/mol. The Morgan fingerprint density at radius 1 is 1.21 bits per heavy atom. The van der Waals surface area contributed by atoms with Gasteiger partial charge in [-0.15, -0.1) is 12.4 Å². The minimum absolute atomic E-state index is 0. The van der Waals surface area contributed by atoms with Crippen molar-refractivity contribution in [3.05, 3.63) is 34.4 Å². The van der Waals surface area contributed by atoms with Gasteiger partial charge in [-0.3, -0.25) is 0 Å². The second-order valence-electron chi connectivity index (χ2n) is 5.36. The number of H-pyrrole nitrogens is 1. The maximum Gasteiger partial charge on any atom is 0.0458 e. The van der Waals surface area contributed by atoms with Crippen LogP contribution in [0, 0.1) is 5.92 Å². The smallest absolute Gasteiger partial charge is 0.0458 e. The number of hydrogen-bond donors (Lipinski definition) is 2. The Morgan fingerprint density at radius 3 is 2.68 bits per heavy atom. The van der Waals surface area contributed by atoms with E-state index >= 15 is 0 Å². The van der Waals surface area contributed by atoms with Crippen LogP contribution in [0.4, 0.5) is 0 Å². The van der Waals surface area contributed by atoms with Gasteiger partial charge >= 0.3 is 0 Å². The molecule has 1 aliphatic rings. The molecule has 4 heteroatoms. The van der Waals surface area contributed by atoms with Crippen LogP contribution in [0.3, 0.4) is 0 Å². The quantitative estimate of drug-likeness (QED) is 0.797. The van der Waals surface area contributed by atoms with E-state index in [-0.39, 0.29) is 18.4 Å². The van der Waals surface area contributed by atoms with E-state index in [1.54, 1.807) is 0 Å². The lowest BCUT2D eigenvalue weighted by Crippen LogP contribution is -2.23. The lowest BCUT2D eigenvalue weighted by Gasteiger charge is -2.27.